The second-order valence-corrected chi connectivity index (χ2v) is 13.4. The van der Waals surface area contributed by atoms with Gasteiger partial charge in [0.25, 0.3) is 0 Å². The first-order valence-electron chi connectivity index (χ1n) is 14.3. The molecule has 3 atom stereocenters. The van der Waals surface area contributed by atoms with E-state index in [1.54, 1.807) is 0 Å². The first kappa shape index (κ1) is 39.9. The van der Waals surface area contributed by atoms with E-state index in [-0.39, 0.29) is 64.7 Å². The van der Waals surface area contributed by atoms with Crippen LogP contribution < -0.4 is 78.4 Å². The van der Waals surface area contributed by atoms with Crippen molar-refractivity contribution in [1.29, 1.82) is 0 Å². The van der Waals surface area contributed by atoms with E-state index in [2.05, 4.69) is 39.1 Å². The van der Waals surface area contributed by atoms with E-state index in [0.29, 0.717) is 5.75 Å². The minimum Gasteiger partial charge on any atom is -0.790 e. The molecule has 0 saturated carbocycles. The monoisotopic (exact) mass is 584 g/mol. The van der Waals surface area contributed by atoms with Crippen molar-refractivity contribution in [2.45, 2.75) is 132 Å². The first-order valence-corrected chi connectivity index (χ1v) is 15.8. The molecule has 0 N–H and O–H groups in total. The second kappa shape index (κ2) is 18.6. The van der Waals surface area contributed by atoms with Crippen molar-refractivity contribution >= 4 is 7.82 Å². The molecule has 0 fully saturated rings. The minimum absolute atomic E-state index is 0. The predicted molar refractivity (Wildman–Crippen MR) is 147 cm³/mol. The number of fused-ring (bicyclic) bond motifs is 1. The Balaban J connectivity index is 0.00000722. The van der Waals surface area contributed by atoms with Crippen LogP contribution in [0.2, 0.25) is 0 Å². The summed E-state index contributed by atoms with van der Waals surface area (Å²) in [7, 11) is -5.07. The van der Waals surface area contributed by atoms with Crippen molar-refractivity contribution in [2.75, 3.05) is 6.79 Å². The van der Waals surface area contributed by atoms with Crippen LogP contribution in [0.15, 0.2) is 0 Å². The summed E-state index contributed by atoms with van der Waals surface area (Å²) in [6.45, 7) is 16.9. The van der Waals surface area contributed by atoms with Crippen molar-refractivity contribution in [1.82, 2.24) is 0 Å². The van der Waals surface area contributed by atoms with Gasteiger partial charge in [0.05, 0.1) is 7.82 Å². The Morgan fingerprint density at radius 2 is 1.41 bits per heavy atom. The molecule has 0 bridgehead atoms. The quantitative estimate of drug-likeness (QED) is 0.166. The summed E-state index contributed by atoms with van der Waals surface area (Å²) in [5.74, 6) is 3.90. The van der Waals surface area contributed by atoms with Gasteiger partial charge in [0.1, 0.15) is 17.1 Å². The average molecular weight is 585 g/mol. The molecule has 39 heavy (non-hydrogen) atoms. The molecule has 1 aliphatic heterocycles. The third-order valence-corrected chi connectivity index (χ3v) is 8.67. The maximum Gasteiger partial charge on any atom is 1.00 e. The standard InChI is InChI=1S/C30H53O6P.2Na/c1-21(2)12-9-13-22(3)14-10-15-23(4)16-11-18-30(8)19-17-27-26(7)28(34-20-35-37(31,32)33)24(5)25(6)29(27)36-30;;/h21-23H,9-20H2,1-8H3,(H2,31,32,33);;/q;2*+1/p-2. The van der Waals surface area contributed by atoms with Gasteiger partial charge in [0.2, 0.25) is 0 Å². The van der Waals surface area contributed by atoms with Gasteiger partial charge in [-0.25, -0.2) is 0 Å². The van der Waals surface area contributed by atoms with Crippen LogP contribution in [0.4, 0.5) is 0 Å². The van der Waals surface area contributed by atoms with Gasteiger partial charge in [-0.15, -0.1) is 0 Å². The fourth-order valence-corrected chi connectivity index (χ4v) is 5.81. The van der Waals surface area contributed by atoms with Crippen molar-refractivity contribution in [2.24, 2.45) is 17.8 Å². The number of hydrogen-bond donors (Lipinski definition) is 0. The van der Waals surface area contributed by atoms with Crippen LogP contribution in [0.25, 0.3) is 0 Å². The summed E-state index contributed by atoms with van der Waals surface area (Å²) >= 11 is 0. The largest absolute Gasteiger partial charge is 1.00 e. The maximum absolute atomic E-state index is 10.8. The molecule has 6 nitrogen and oxygen atoms in total. The van der Waals surface area contributed by atoms with Crippen LogP contribution in [0.3, 0.4) is 0 Å². The molecule has 1 aromatic carbocycles. The van der Waals surface area contributed by atoms with E-state index in [0.717, 1.165) is 71.4 Å². The van der Waals surface area contributed by atoms with Gasteiger partial charge in [-0.2, -0.15) is 0 Å². The van der Waals surface area contributed by atoms with Crippen LogP contribution in [-0.2, 0) is 15.5 Å². The number of hydrogen-bond acceptors (Lipinski definition) is 6. The Kier molecular flexibility index (Phi) is 19.0. The Morgan fingerprint density at radius 1 is 0.872 bits per heavy atom. The van der Waals surface area contributed by atoms with Gasteiger partial charge in [0, 0.05) is 5.56 Å². The van der Waals surface area contributed by atoms with E-state index >= 15 is 0 Å². The Morgan fingerprint density at radius 3 is 1.95 bits per heavy atom. The zero-order valence-electron chi connectivity index (χ0n) is 26.6. The number of rotatable bonds is 16. The summed E-state index contributed by atoms with van der Waals surface area (Å²) in [4.78, 5) is 21.5. The zero-order chi connectivity index (χ0) is 27.8. The van der Waals surface area contributed by atoms with E-state index < -0.39 is 14.6 Å². The van der Waals surface area contributed by atoms with E-state index in [1.807, 2.05) is 20.8 Å². The fourth-order valence-electron chi connectivity index (χ4n) is 5.63. The Labute approximate surface area is 282 Å². The van der Waals surface area contributed by atoms with Crippen molar-refractivity contribution in [3.63, 3.8) is 0 Å². The van der Waals surface area contributed by atoms with Gasteiger partial charge in [-0.3, -0.25) is 0 Å². The van der Waals surface area contributed by atoms with E-state index in [9.17, 15) is 14.4 Å². The third-order valence-electron chi connectivity index (χ3n) is 8.25. The fraction of sp³-hybridized carbons (Fsp3) is 0.800. The molecule has 214 valence electrons. The molecule has 1 heterocycles. The van der Waals surface area contributed by atoms with Crippen LogP contribution >= 0.6 is 7.82 Å². The Hall–Kier alpha value is 0.930. The van der Waals surface area contributed by atoms with Crippen LogP contribution in [0, 0.1) is 38.5 Å². The van der Waals surface area contributed by atoms with Crippen molar-refractivity contribution in [3.05, 3.63) is 22.3 Å². The molecule has 0 radical (unpaired) electrons. The average Bonchev–Trinajstić information content (AvgIpc) is 2.78. The van der Waals surface area contributed by atoms with Crippen molar-refractivity contribution < 1.29 is 87.5 Å². The number of ether oxygens (including phenoxy) is 2. The zero-order valence-corrected chi connectivity index (χ0v) is 31.5. The molecule has 1 aliphatic rings. The van der Waals surface area contributed by atoms with Crippen LogP contribution in [0.5, 0.6) is 11.5 Å². The van der Waals surface area contributed by atoms with Crippen LogP contribution in [0.1, 0.15) is 121 Å². The van der Waals surface area contributed by atoms with Crippen LogP contribution in [-0.4, -0.2) is 12.4 Å². The van der Waals surface area contributed by atoms with Gasteiger partial charge in [-0.1, -0.05) is 72.6 Å². The predicted octanol–water partition coefficient (Wildman–Crippen LogP) is 1.32. The van der Waals surface area contributed by atoms with Gasteiger partial charge in [-0.05, 0) is 87.8 Å². The second-order valence-electron chi connectivity index (χ2n) is 12.3. The molecule has 0 saturated heterocycles. The van der Waals surface area contributed by atoms with E-state index in [1.165, 1.54) is 44.9 Å². The number of phosphoric ester groups is 1. The molecule has 0 spiro atoms. The first-order chi connectivity index (χ1) is 17.2. The summed E-state index contributed by atoms with van der Waals surface area (Å²) in [5, 5.41) is 0. The topological polar surface area (TPSA) is 90.9 Å². The number of benzene rings is 1. The molecule has 2 rings (SSSR count). The SMILES string of the molecule is Cc1c(C)c2c(c(C)c1OCOP(=O)([O-])[O-])CCC(C)(CCCC(C)CCCC(C)CCCC(C)C)O2.[Na+].[Na+]. The summed E-state index contributed by atoms with van der Waals surface area (Å²) in [6, 6.07) is 0. The van der Waals surface area contributed by atoms with E-state index in [4.69, 9.17) is 9.47 Å². The minimum atomic E-state index is -5.07. The third kappa shape index (κ3) is 13.8. The molecule has 0 aromatic heterocycles. The summed E-state index contributed by atoms with van der Waals surface area (Å²) in [5.41, 5.74) is 3.69. The molecule has 3 unspecified atom stereocenters. The normalized spacial score (nSPS) is 18.4. The summed E-state index contributed by atoms with van der Waals surface area (Å²) in [6.07, 6.45) is 13.3. The molecule has 0 aliphatic carbocycles. The molecule has 0 amide bonds. The molecular formula is C30H51Na2O6P. The van der Waals surface area contributed by atoms with Gasteiger partial charge < -0.3 is 28.3 Å². The Bertz CT molecular complexity index is 919. The summed E-state index contributed by atoms with van der Waals surface area (Å²) < 4.78 is 27.2. The maximum atomic E-state index is 10.8. The van der Waals surface area contributed by atoms with Gasteiger partial charge >= 0.3 is 59.1 Å². The number of phosphoric acid groups is 1. The molecular weight excluding hydrogens is 533 g/mol. The van der Waals surface area contributed by atoms with Gasteiger partial charge in [0.15, 0.2) is 6.79 Å². The molecule has 9 heteroatoms. The smallest absolute Gasteiger partial charge is 0.790 e. The van der Waals surface area contributed by atoms with Crippen molar-refractivity contribution in [3.8, 4) is 11.5 Å². The molecule has 1 aromatic rings.